The SMILES string of the molecule is Cc1cccc(NC(=O)C(=O)NCC2CCN(Cc3cccs3)CC2)c1. The second-order valence-electron chi connectivity index (χ2n) is 6.83. The van der Waals surface area contributed by atoms with Gasteiger partial charge in [0.2, 0.25) is 0 Å². The highest BCUT2D eigenvalue weighted by atomic mass is 32.1. The van der Waals surface area contributed by atoms with Crippen molar-refractivity contribution in [1.82, 2.24) is 10.2 Å². The molecule has 6 heteroatoms. The fourth-order valence-electron chi connectivity index (χ4n) is 3.20. The van der Waals surface area contributed by atoms with Crippen molar-refractivity contribution in [3.05, 3.63) is 52.2 Å². The zero-order valence-electron chi connectivity index (χ0n) is 15.0. The quantitative estimate of drug-likeness (QED) is 0.794. The van der Waals surface area contributed by atoms with Crippen LogP contribution in [0, 0.1) is 12.8 Å². The van der Waals surface area contributed by atoms with Gasteiger partial charge in [0.15, 0.2) is 0 Å². The molecule has 0 bridgehead atoms. The van der Waals surface area contributed by atoms with Crippen LogP contribution in [0.3, 0.4) is 0 Å². The summed E-state index contributed by atoms with van der Waals surface area (Å²) >= 11 is 1.79. The molecule has 1 aliphatic rings. The van der Waals surface area contributed by atoms with Gasteiger partial charge >= 0.3 is 11.8 Å². The number of likely N-dealkylation sites (tertiary alicyclic amines) is 1. The molecule has 1 aliphatic heterocycles. The number of hydrogen-bond donors (Lipinski definition) is 2. The van der Waals surface area contributed by atoms with E-state index in [-0.39, 0.29) is 0 Å². The fourth-order valence-corrected chi connectivity index (χ4v) is 3.95. The van der Waals surface area contributed by atoms with Crippen LogP contribution in [-0.2, 0) is 16.1 Å². The van der Waals surface area contributed by atoms with E-state index in [1.165, 1.54) is 4.88 Å². The van der Waals surface area contributed by atoms with Gasteiger partial charge in [-0.3, -0.25) is 14.5 Å². The average Bonchev–Trinajstić information content (AvgIpc) is 3.14. The van der Waals surface area contributed by atoms with Crippen LogP contribution in [-0.4, -0.2) is 36.3 Å². The van der Waals surface area contributed by atoms with Crippen LogP contribution in [0.5, 0.6) is 0 Å². The number of rotatable bonds is 5. The fraction of sp³-hybridized carbons (Fsp3) is 0.400. The largest absolute Gasteiger partial charge is 0.348 e. The molecule has 2 N–H and O–H groups in total. The molecule has 0 spiro atoms. The smallest absolute Gasteiger partial charge is 0.313 e. The van der Waals surface area contributed by atoms with E-state index in [9.17, 15) is 9.59 Å². The Balaban J connectivity index is 1.37. The number of aryl methyl sites for hydroxylation is 1. The standard InChI is InChI=1S/C20H25N3O2S/c1-15-4-2-5-17(12-15)22-20(25)19(24)21-13-16-7-9-23(10-8-16)14-18-6-3-11-26-18/h2-6,11-12,16H,7-10,13-14H2,1H3,(H,21,24)(H,22,25). The van der Waals surface area contributed by atoms with Gasteiger partial charge in [0.05, 0.1) is 0 Å². The predicted octanol–water partition coefficient (Wildman–Crippen LogP) is 3.02. The number of nitrogens with one attached hydrogen (secondary N) is 2. The molecule has 0 atom stereocenters. The summed E-state index contributed by atoms with van der Waals surface area (Å²) < 4.78 is 0. The van der Waals surface area contributed by atoms with E-state index >= 15 is 0 Å². The number of carbonyl (C=O) groups excluding carboxylic acids is 2. The van der Waals surface area contributed by atoms with Crippen molar-refractivity contribution in [3.8, 4) is 0 Å². The molecule has 2 amide bonds. The monoisotopic (exact) mass is 371 g/mol. The number of carbonyl (C=O) groups is 2. The maximum absolute atomic E-state index is 12.0. The Morgan fingerprint density at radius 1 is 1.15 bits per heavy atom. The summed E-state index contributed by atoms with van der Waals surface area (Å²) in [6, 6.07) is 11.7. The third-order valence-corrected chi connectivity index (χ3v) is 5.56. The van der Waals surface area contributed by atoms with E-state index in [4.69, 9.17) is 0 Å². The number of anilines is 1. The lowest BCUT2D eigenvalue weighted by Crippen LogP contribution is -2.41. The molecule has 2 heterocycles. The first-order valence-corrected chi connectivity index (χ1v) is 9.88. The normalized spacial score (nSPS) is 15.6. The molecule has 0 saturated carbocycles. The molecule has 0 aliphatic carbocycles. The maximum Gasteiger partial charge on any atom is 0.313 e. The van der Waals surface area contributed by atoms with Crippen LogP contribution < -0.4 is 10.6 Å². The second kappa shape index (κ2) is 8.96. The Bertz CT molecular complexity index is 737. The lowest BCUT2D eigenvalue weighted by atomic mass is 9.97. The highest BCUT2D eigenvalue weighted by Gasteiger charge is 2.21. The summed E-state index contributed by atoms with van der Waals surface area (Å²) in [5.74, 6) is -0.733. The highest BCUT2D eigenvalue weighted by Crippen LogP contribution is 2.20. The van der Waals surface area contributed by atoms with Crippen molar-refractivity contribution < 1.29 is 9.59 Å². The molecular weight excluding hydrogens is 346 g/mol. The van der Waals surface area contributed by atoms with E-state index in [2.05, 4.69) is 33.0 Å². The van der Waals surface area contributed by atoms with Crippen LogP contribution in [0.25, 0.3) is 0 Å². The van der Waals surface area contributed by atoms with Crippen molar-refractivity contribution in [2.45, 2.75) is 26.3 Å². The summed E-state index contributed by atoms with van der Waals surface area (Å²) in [6.45, 7) is 5.59. The topological polar surface area (TPSA) is 61.4 Å². The lowest BCUT2D eigenvalue weighted by molar-refractivity contribution is -0.136. The number of amides is 2. The molecule has 3 rings (SSSR count). The molecule has 138 valence electrons. The Morgan fingerprint density at radius 2 is 1.96 bits per heavy atom. The summed E-state index contributed by atoms with van der Waals surface area (Å²) in [5.41, 5.74) is 1.68. The first kappa shape index (κ1) is 18.6. The summed E-state index contributed by atoms with van der Waals surface area (Å²) in [5, 5.41) is 7.53. The first-order chi connectivity index (χ1) is 12.6. The third-order valence-electron chi connectivity index (χ3n) is 4.70. The number of nitrogens with zero attached hydrogens (tertiary/aromatic N) is 1. The van der Waals surface area contributed by atoms with Crippen molar-refractivity contribution in [3.63, 3.8) is 0 Å². The minimum atomic E-state index is -0.606. The number of piperidine rings is 1. The van der Waals surface area contributed by atoms with Gasteiger partial charge in [0, 0.05) is 23.7 Å². The van der Waals surface area contributed by atoms with E-state index in [0.717, 1.165) is 38.0 Å². The van der Waals surface area contributed by atoms with Crippen LogP contribution in [0.4, 0.5) is 5.69 Å². The van der Waals surface area contributed by atoms with Crippen LogP contribution >= 0.6 is 11.3 Å². The lowest BCUT2D eigenvalue weighted by Gasteiger charge is -2.31. The highest BCUT2D eigenvalue weighted by molar-refractivity contribution is 7.09. The second-order valence-corrected chi connectivity index (χ2v) is 7.86. The van der Waals surface area contributed by atoms with Crippen LogP contribution in [0.2, 0.25) is 0 Å². The van der Waals surface area contributed by atoms with Gasteiger partial charge in [-0.15, -0.1) is 11.3 Å². The predicted molar refractivity (Wildman–Crippen MR) is 105 cm³/mol. The average molecular weight is 372 g/mol. The molecule has 0 unspecified atom stereocenters. The number of benzene rings is 1. The van der Waals surface area contributed by atoms with E-state index < -0.39 is 11.8 Å². The molecule has 1 aromatic heterocycles. The van der Waals surface area contributed by atoms with Crippen LogP contribution in [0.1, 0.15) is 23.3 Å². The van der Waals surface area contributed by atoms with Crippen molar-refractivity contribution in [2.75, 3.05) is 25.0 Å². The van der Waals surface area contributed by atoms with Gasteiger partial charge in [-0.25, -0.2) is 0 Å². The molecule has 0 radical (unpaired) electrons. The van der Waals surface area contributed by atoms with Crippen molar-refractivity contribution >= 4 is 28.8 Å². The zero-order valence-corrected chi connectivity index (χ0v) is 15.8. The zero-order chi connectivity index (χ0) is 18.4. The van der Waals surface area contributed by atoms with Gasteiger partial charge in [-0.05, 0) is 67.9 Å². The number of hydrogen-bond acceptors (Lipinski definition) is 4. The molecule has 2 aromatic rings. The molecular formula is C20H25N3O2S. The summed E-state index contributed by atoms with van der Waals surface area (Å²) in [6.07, 6.45) is 2.09. The Labute approximate surface area is 158 Å². The first-order valence-electron chi connectivity index (χ1n) is 9.01. The van der Waals surface area contributed by atoms with E-state index in [0.29, 0.717) is 18.2 Å². The molecule has 26 heavy (non-hydrogen) atoms. The van der Waals surface area contributed by atoms with E-state index in [1.807, 2.05) is 25.1 Å². The summed E-state index contributed by atoms with van der Waals surface area (Å²) in [4.78, 5) is 27.9. The minimum Gasteiger partial charge on any atom is -0.348 e. The van der Waals surface area contributed by atoms with Gasteiger partial charge < -0.3 is 10.6 Å². The summed E-state index contributed by atoms with van der Waals surface area (Å²) in [7, 11) is 0. The van der Waals surface area contributed by atoms with Gasteiger partial charge in [0.25, 0.3) is 0 Å². The molecule has 1 saturated heterocycles. The van der Waals surface area contributed by atoms with Crippen molar-refractivity contribution in [2.24, 2.45) is 5.92 Å². The Hall–Kier alpha value is -2.18. The maximum atomic E-state index is 12.0. The van der Waals surface area contributed by atoms with Crippen molar-refractivity contribution in [1.29, 1.82) is 0 Å². The Kier molecular flexibility index (Phi) is 6.41. The van der Waals surface area contributed by atoms with Gasteiger partial charge in [-0.2, -0.15) is 0 Å². The van der Waals surface area contributed by atoms with Crippen LogP contribution in [0.15, 0.2) is 41.8 Å². The Morgan fingerprint density at radius 3 is 2.65 bits per heavy atom. The van der Waals surface area contributed by atoms with Gasteiger partial charge in [0.1, 0.15) is 0 Å². The third kappa shape index (κ3) is 5.41. The molecule has 5 nitrogen and oxygen atoms in total. The molecule has 1 fully saturated rings. The number of thiophene rings is 1. The van der Waals surface area contributed by atoms with Gasteiger partial charge in [-0.1, -0.05) is 18.2 Å². The minimum absolute atomic E-state index is 0.435. The van der Waals surface area contributed by atoms with E-state index in [1.54, 1.807) is 17.4 Å². The molecule has 1 aromatic carbocycles.